The summed E-state index contributed by atoms with van der Waals surface area (Å²) < 4.78 is 72.3. The van der Waals surface area contributed by atoms with E-state index in [2.05, 4.69) is 10.3 Å². The lowest BCUT2D eigenvalue weighted by Crippen LogP contribution is -2.38. The molecule has 1 aliphatic heterocycles. The average Bonchev–Trinajstić information content (AvgIpc) is 3.39. The SMILES string of the molecule is CCS(=O)(=O)N1CCC(c2c[nH]c3c(C(N)=O)cc(-c4ccc(F)c(CN[C@@H](C)CO)c4)cc23)CC1.O=C(O)C(F)(F)F. The highest BCUT2D eigenvalue weighted by atomic mass is 32.2. The molecule has 43 heavy (non-hydrogen) atoms. The van der Waals surface area contributed by atoms with Crippen LogP contribution >= 0.6 is 0 Å². The van der Waals surface area contributed by atoms with Gasteiger partial charge in [0.05, 0.1) is 23.4 Å². The van der Waals surface area contributed by atoms with Crippen LogP contribution in [-0.2, 0) is 21.4 Å². The Balaban J connectivity index is 0.000000646. The molecule has 1 amide bonds. The molecule has 0 bridgehead atoms. The summed E-state index contributed by atoms with van der Waals surface area (Å²) >= 11 is 0. The van der Waals surface area contributed by atoms with Gasteiger partial charge in [0.2, 0.25) is 10.0 Å². The van der Waals surface area contributed by atoms with E-state index < -0.39 is 28.1 Å². The third-order valence-corrected chi connectivity index (χ3v) is 9.16. The van der Waals surface area contributed by atoms with Gasteiger partial charge in [0.15, 0.2) is 0 Å². The summed E-state index contributed by atoms with van der Waals surface area (Å²) in [6.45, 7) is 4.57. The molecule has 6 N–H and O–H groups in total. The fraction of sp³-hybridized carbons (Fsp3) is 0.429. The first-order chi connectivity index (χ1) is 20.1. The number of aromatic amines is 1. The number of sulfonamides is 1. The lowest BCUT2D eigenvalue weighted by atomic mass is 9.88. The zero-order chi connectivity index (χ0) is 32.1. The van der Waals surface area contributed by atoms with Crippen molar-refractivity contribution in [2.75, 3.05) is 25.4 Å². The second-order valence-corrected chi connectivity index (χ2v) is 12.5. The number of aliphatic hydroxyl groups is 1. The second-order valence-electron chi connectivity index (χ2n) is 10.2. The van der Waals surface area contributed by atoms with Crippen LogP contribution in [0.1, 0.15) is 54.1 Å². The number of carbonyl (C=O) groups excluding carboxylic acids is 1. The number of aliphatic carboxylic acids is 1. The quantitative estimate of drug-likeness (QED) is 0.225. The molecule has 10 nitrogen and oxygen atoms in total. The van der Waals surface area contributed by atoms with Gasteiger partial charge in [0, 0.05) is 42.8 Å². The summed E-state index contributed by atoms with van der Waals surface area (Å²) in [5.41, 5.74) is 9.65. The van der Waals surface area contributed by atoms with Crippen LogP contribution in [0, 0.1) is 5.82 Å². The predicted molar refractivity (Wildman–Crippen MR) is 152 cm³/mol. The number of halogens is 4. The number of nitrogens with zero attached hydrogens (tertiary/aromatic N) is 1. The molecule has 4 rings (SSSR count). The molecular weight excluding hydrogens is 596 g/mol. The van der Waals surface area contributed by atoms with Gasteiger partial charge in [-0.15, -0.1) is 0 Å². The molecule has 0 spiro atoms. The number of benzene rings is 2. The number of nitrogens with two attached hydrogens (primary N) is 1. The van der Waals surface area contributed by atoms with Crippen LogP contribution in [0.15, 0.2) is 36.5 Å². The number of carbonyl (C=O) groups is 2. The number of hydrogen-bond acceptors (Lipinski definition) is 6. The molecule has 1 fully saturated rings. The molecule has 1 aliphatic rings. The third-order valence-electron chi connectivity index (χ3n) is 7.28. The fourth-order valence-electron chi connectivity index (χ4n) is 4.82. The van der Waals surface area contributed by atoms with E-state index in [1.165, 1.54) is 6.07 Å². The number of H-pyrrole nitrogens is 1. The van der Waals surface area contributed by atoms with Crippen LogP contribution in [0.4, 0.5) is 17.6 Å². The van der Waals surface area contributed by atoms with Crippen LogP contribution in [0.2, 0.25) is 0 Å². The van der Waals surface area contributed by atoms with Gasteiger partial charge in [-0.05, 0) is 73.6 Å². The fourth-order valence-corrected chi connectivity index (χ4v) is 5.95. The van der Waals surface area contributed by atoms with Crippen LogP contribution in [-0.4, -0.2) is 77.5 Å². The van der Waals surface area contributed by atoms with Crippen molar-refractivity contribution in [3.63, 3.8) is 0 Å². The summed E-state index contributed by atoms with van der Waals surface area (Å²) in [7, 11) is -3.22. The van der Waals surface area contributed by atoms with Crippen molar-refractivity contribution in [1.82, 2.24) is 14.6 Å². The summed E-state index contributed by atoms with van der Waals surface area (Å²) in [5, 5.41) is 20.3. The topological polar surface area (TPSA) is 166 Å². The van der Waals surface area contributed by atoms with Gasteiger partial charge in [-0.1, -0.05) is 6.07 Å². The Hall–Kier alpha value is -3.53. The van der Waals surface area contributed by atoms with E-state index in [0.717, 1.165) is 22.1 Å². The standard InChI is InChI=1S/C26H33FN4O4S.C2HF3O2/c1-3-36(34,35)31-8-6-17(7-9-31)23-14-30-25-21(23)11-19(12-22(25)26(28)33)18-4-5-24(27)20(10-18)13-29-16(2)15-32;3-2(4,5)1(6)7/h4-5,10-12,14,16-17,29-30,32H,3,6-9,13,15H2,1-2H3,(H2,28,33);(H,6,7)/t16-;/m0./s1. The molecule has 0 radical (unpaired) electrons. The van der Waals surface area contributed by atoms with Gasteiger partial charge in [-0.3, -0.25) is 4.79 Å². The highest BCUT2D eigenvalue weighted by Crippen LogP contribution is 2.37. The maximum absolute atomic E-state index is 14.5. The number of fused-ring (bicyclic) bond motifs is 1. The Bertz CT molecular complexity index is 1570. The Kier molecular flexibility index (Phi) is 10.9. The van der Waals surface area contributed by atoms with E-state index in [0.29, 0.717) is 42.6 Å². The monoisotopic (exact) mass is 630 g/mol. The predicted octanol–water partition coefficient (Wildman–Crippen LogP) is 3.71. The highest BCUT2D eigenvalue weighted by Gasteiger charge is 2.38. The molecule has 3 aromatic rings. The summed E-state index contributed by atoms with van der Waals surface area (Å²) in [5.74, 6) is -3.47. The number of rotatable bonds is 9. The zero-order valence-corrected chi connectivity index (χ0v) is 24.4. The minimum atomic E-state index is -5.08. The molecule has 1 atom stereocenters. The number of primary amides is 1. The largest absolute Gasteiger partial charge is 0.490 e. The van der Waals surface area contributed by atoms with E-state index in [-0.39, 0.29) is 36.7 Å². The van der Waals surface area contributed by atoms with Crippen molar-refractivity contribution in [3.8, 4) is 11.1 Å². The Morgan fingerprint density at radius 2 is 1.79 bits per heavy atom. The first-order valence-electron chi connectivity index (χ1n) is 13.4. The first kappa shape index (κ1) is 34.0. The maximum Gasteiger partial charge on any atom is 0.490 e. The van der Waals surface area contributed by atoms with Gasteiger partial charge in [-0.25, -0.2) is 21.9 Å². The Morgan fingerprint density at radius 3 is 2.33 bits per heavy atom. The summed E-state index contributed by atoms with van der Waals surface area (Å²) in [6, 6.07) is 8.31. The molecule has 2 aromatic carbocycles. The van der Waals surface area contributed by atoms with E-state index in [1.807, 2.05) is 19.2 Å². The van der Waals surface area contributed by atoms with Crippen molar-refractivity contribution in [2.45, 2.75) is 51.4 Å². The minimum absolute atomic E-state index is 0.0560. The number of carboxylic acids is 1. The van der Waals surface area contributed by atoms with Crippen LogP contribution in [0.5, 0.6) is 0 Å². The van der Waals surface area contributed by atoms with Gasteiger partial charge < -0.3 is 26.2 Å². The molecule has 0 unspecified atom stereocenters. The normalized spacial score (nSPS) is 15.6. The second kappa shape index (κ2) is 13.8. The Morgan fingerprint density at radius 1 is 1.16 bits per heavy atom. The van der Waals surface area contributed by atoms with Crippen molar-refractivity contribution in [3.05, 3.63) is 59.0 Å². The number of nitrogens with one attached hydrogen (secondary N) is 2. The number of aliphatic hydroxyl groups excluding tert-OH is 1. The van der Waals surface area contributed by atoms with Gasteiger partial charge in [-0.2, -0.15) is 13.2 Å². The van der Waals surface area contributed by atoms with E-state index in [4.69, 9.17) is 15.6 Å². The van der Waals surface area contributed by atoms with Crippen molar-refractivity contribution >= 4 is 32.8 Å². The van der Waals surface area contributed by atoms with Crippen LogP contribution in [0.25, 0.3) is 22.0 Å². The Labute approximate surface area is 245 Å². The van der Waals surface area contributed by atoms with Crippen LogP contribution in [0.3, 0.4) is 0 Å². The molecule has 15 heteroatoms. The molecule has 236 valence electrons. The van der Waals surface area contributed by atoms with Gasteiger partial charge in [0.1, 0.15) is 5.82 Å². The van der Waals surface area contributed by atoms with Crippen molar-refractivity contribution in [2.24, 2.45) is 5.73 Å². The van der Waals surface area contributed by atoms with E-state index in [1.54, 1.807) is 29.4 Å². The summed E-state index contributed by atoms with van der Waals surface area (Å²) in [6.07, 6.45) is -1.85. The molecule has 0 saturated carbocycles. The molecule has 1 saturated heterocycles. The van der Waals surface area contributed by atoms with Crippen molar-refractivity contribution < 1.29 is 45.8 Å². The smallest absolute Gasteiger partial charge is 0.475 e. The number of aromatic nitrogens is 1. The molecule has 1 aromatic heterocycles. The lowest BCUT2D eigenvalue weighted by molar-refractivity contribution is -0.192. The average molecular weight is 631 g/mol. The number of alkyl halides is 3. The molecule has 0 aliphatic carbocycles. The first-order valence-corrected chi connectivity index (χ1v) is 15.1. The van der Waals surface area contributed by atoms with Gasteiger partial charge >= 0.3 is 12.1 Å². The third kappa shape index (κ3) is 8.31. The number of carboxylic acid groups (broad SMARTS) is 1. The molecule has 2 heterocycles. The van der Waals surface area contributed by atoms with E-state index in [9.17, 15) is 35.9 Å². The number of hydrogen-bond donors (Lipinski definition) is 5. The minimum Gasteiger partial charge on any atom is -0.475 e. The summed E-state index contributed by atoms with van der Waals surface area (Å²) in [4.78, 5) is 24.4. The maximum atomic E-state index is 14.5. The zero-order valence-electron chi connectivity index (χ0n) is 23.5. The molecular formula is C28H34F4N4O6S. The van der Waals surface area contributed by atoms with E-state index >= 15 is 0 Å². The van der Waals surface area contributed by atoms with Crippen LogP contribution < -0.4 is 11.1 Å². The number of amides is 1. The van der Waals surface area contributed by atoms with Gasteiger partial charge in [0.25, 0.3) is 5.91 Å². The van der Waals surface area contributed by atoms with Crippen molar-refractivity contribution in [1.29, 1.82) is 0 Å². The highest BCUT2D eigenvalue weighted by molar-refractivity contribution is 7.89. The lowest BCUT2D eigenvalue weighted by Gasteiger charge is -2.31. The number of piperidine rings is 1.